The molecular formula is C15H17FN4O. The van der Waals surface area contributed by atoms with E-state index in [0.29, 0.717) is 24.2 Å². The molecule has 0 bridgehead atoms. The van der Waals surface area contributed by atoms with Gasteiger partial charge in [-0.3, -0.25) is 5.41 Å². The number of nitrogens with two attached hydrogens (primary N) is 1. The third-order valence-electron chi connectivity index (χ3n) is 3.11. The first kappa shape index (κ1) is 14.9. The van der Waals surface area contributed by atoms with Crippen LogP contribution < -0.4 is 10.5 Å². The zero-order chi connectivity index (χ0) is 15.4. The highest BCUT2D eigenvalue weighted by atomic mass is 19.1. The van der Waals surface area contributed by atoms with E-state index in [1.165, 1.54) is 24.3 Å². The Bertz CT molecular complexity index is 655. The minimum atomic E-state index is -0.351. The molecule has 1 heterocycles. The summed E-state index contributed by atoms with van der Waals surface area (Å²) in [5, 5.41) is 15.9. The molecule has 0 aliphatic carbocycles. The molecule has 5 nitrogen and oxygen atoms in total. The van der Waals surface area contributed by atoms with Gasteiger partial charge in [0, 0.05) is 0 Å². The quantitative estimate of drug-likeness (QED) is 0.654. The molecule has 0 aliphatic heterocycles. The lowest BCUT2D eigenvalue weighted by molar-refractivity contribution is 0.450. The molecule has 1 aromatic carbocycles. The number of ether oxygens (including phenoxy) is 1. The number of aromatic nitrogens is 2. The first-order chi connectivity index (χ1) is 10.1. The smallest absolute Gasteiger partial charge is 0.250 e. The Labute approximate surface area is 122 Å². The summed E-state index contributed by atoms with van der Waals surface area (Å²) < 4.78 is 18.5. The molecule has 2 rings (SSSR count). The molecule has 21 heavy (non-hydrogen) atoms. The van der Waals surface area contributed by atoms with Gasteiger partial charge in [-0.2, -0.15) is 5.10 Å². The summed E-state index contributed by atoms with van der Waals surface area (Å²) >= 11 is 0. The van der Waals surface area contributed by atoms with E-state index in [1.54, 1.807) is 0 Å². The highest BCUT2D eigenvalue weighted by Crippen LogP contribution is 2.27. The normalized spacial score (nSPS) is 10.4. The predicted molar refractivity (Wildman–Crippen MR) is 78.3 cm³/mol. The van der Waals surface area contributed by atoms with E-state index in [0.717, 1.165) is 11.3 Å². The fraction of sp³-hybridized carbons (Fsp3) is 0.267. The van der Waals surface area contributed by atoms with E-state index in [4.69, 9.17) is 15.9 Å². The van der Waals surface area contributed by atoms with Gasteiger partial charge in [0.25, 0.3) is 0 Å². The van der Waals surface area contributed by atoms with E-state index < -0.39 is 0 Å². The van der Waals surface area contributed by atoms with Crippen molar-refractivity contribution < 1.29 is 9.13 Å². The van der Waals surface area contributed by atoms with Gasteiger partial charge in [0.15, 0.2) is 0 Å². The number of nitrogen functional groups attached to an aromatic ring is 1. The van der Waals surface area contributed by atoms with Crippen molar-refractivity contribution in [2.75, 3.05) is 0 Å². The first-order valence-corrected chi connectivity index (χ1v) is 6.73. The van der Waals surface area contributed by atoms with E-state index in [1.807, 2.05) is 13.8 Å². The van der Waals surface area contributed by atoms with Gasteiger partial charge in [0.2, 0.25) is 5.88 Å². The maximum Gasteiger partial charge on any atom is 0.250 e. The number of hydrogen-bond acceptors (Lipinski definition) is 4. The van der Waals surface area contributed by atoms with Crippen molar-refractivity contribution >= 4 is 5.84 Å². The average molecular weight is 288 g/mol. The van der Waals surface area contributed by atoms with Crippen LogP contribution in [0.3, 0.4) is 0 Å². The number of benzene rings is 1. The first-order valence-electron chi connectivity index (χ1n) is 6.73. The predicted octanol–water partition coefficient (Wildman–Crippen LogP) is 2.82. The average Bonchev–Trinajstić information content (AvgIpc) is 2.48. The minimum Gasteiger partial charge on any atom is -0.437 e. The van der Waals surface area contributed by atoms with Crippen molar-refractivity contribution in [3.63, 3.8) is 0 Å². The van der Waals surface area contributed by atoms with Gasteiger partial charge in [-0.05, 0) is 42.7 Å². The van der Waals surface area contributed by atoms with Crippen molar-refractivity contribution in [2.24, 2.45) is 5.73 Å². The zero-order valence-corrected chi connectivity index (χ0v) is 12.0. The lowest BCUT2D eigenvalue weighted by atomic mass is 10.0. The van der Waals surface area contributed by atoms with Crippen LogP contribution in [0.4, 0.5) is 4.39 Å². The summed E-state index contributed by atoms with van der Waals surface area (Å²) in [7, 11) is 0. The second-order valence-electron chi connectivity index (χ2n) is 4.48. The SMILES string of the molecule is CCc1nnc(Oc2ccc(F)cc2)c(C(=N)N)c1CC. The zero-order valence-electron chi connectivity index (χ0n) is 12.0. The number of amidine groups is 1. The summed E-state index contributed by atoms with van der Waals surface area (Å²) in [5.74, 6) is 0.118. The monoisotopic (exact) mass is 288 g/mol. The van der Waals surface area contributed by atoms with Crippen LogP contribution in [-0.2, 0) is 12.8 Å². The molecular weight excluding hydrogens is 271 g/mol. The Morgan fingerprint density at radius 3 is 2.38 bits per heavy atom. The van der Waals surface area contributed by atoms with E-state index in [9.17, 15) is 4.39 Å². The molecule has 110 valence electrons. The molecule has 0 spiro atoms. The lowest BCUT2D eigenvalue weighted by Gasteiger charge is -2.14. The second kappa shape index (κ2) is 6.30. The van der Waals surface area contributed by atoms with Crippen molar-refractivity contribution in [1.29, 1.82) is 5.41 Å². The van der Waals surface area contributed by atoms with Gasteiger partial charge in [0.05, 0.1) is 11.3 Å². The van der Waals surface area contributed by atoms with E-state index in [2.05, 4.69) is 10.2 Å². The van der Waals surface area contributed by atoms with Crippen LogP contribution >= 0.6 is 0 Å². The molecule has 1 aromatic heterocycles. The van der Waals surface area contributed by atoms with Gasteiger partial charge < -0.3 is 10.5 Å². The molecule has 3 N–H and O–H groups in total. The standard InChI is InChI=1S/C15H17FN4O/c1-3-11-12(4-2)19-20-15(13(11)14(17)18)21-10-7-5-9(16)6-8-10/h5-8H,3-4H2,1-2H3,(H3,17,18). The van der Waals surface area contributed by atoms with Gasteiger partial charge in [-0.25, -0.2) is 4.39 Å². The Morgan fingerprint density at radius 2 is 1.86 bits per heavy atom. The van der Waals surface area contributed by atoms with Gasteiger partial charge in [-0.15, -0.1) is 5.10 Å². The van der Waals surface area contributed by atoms with Gasteiger partial charge in [0.1, 0.15) is 17.4 Å². The van der Waals surface area contributed by atoms with Crippen LogP contribution in [-0.4, -0.2) is 16.0 Å². The van der Waals surface area contributed by atoms with Crippen molar-refractivity contribution in [3.05, 3.63) is 46.9 Å². The summed E-state index contributed by atoms with van der Waals surface area (Å²) in [6.45, 7) is 3.93. The molecule has 0 amide bonds. The molecule has 0 saturated carbocycles. The molecule has 0 atom stereocenters. The van der Waals surface area contributed by atoms with Crippen LogP contribution in [0.25, 0.3) is 0 Å². The molecule has 0 aliphatic rings. The van der Waals surface area contributed by atoms with E-state index >= 15 is 0 Å². The second-order valence-corrected chi connectivity index (χ2v) is 4.48. The van der Waals surface area contributed by atoms with Crippen LogP contribution in [0, 0.1) is 11.2 Å². The minimum absolute atomic E-state index is 0.117. The maximum absolute atomic E-state index is 12.9. The molecule has 0 radical (unpaired) electrons. The summed E-state index contributed by atoms with van der Waals surface area (Å²) in [4.78, 5) is 0. The molecule has 0 unspecified atom stereocenters. The largest absolute Gasteiger partial charge is 0.437 e. The Morgan fingerprint density at radius 1 is 1.19 bits per heavy atom. The molecule has 0 saturated heterocycles. The van der Waals surface area contributed by atoms with Crippen molar-refractivity contribution in [2.45, 2.75) is 26.7 Å². The molecule has 6 heteroatoms. The third-order valence-corrected chi connectivity index (χ3v) is 3.11. The maximum atomic E-state index is 12.9. The van der Waals surface area contributed by atoms with Crippen LogP contribution in [0.5, 0.6) is 11.6 Å². The van der Waals surface area contributed by atoms with Crippen molar-refractivity contribution in [3.8, 4) is 11.6 Å². The van der Waals surface area contributed by atoms with Crippen LogP contribution in [0.1, 0.15) is 30.7 Å². The number of nitrogens with zero attached hydrogens (tertiary/aromatic N) is 2. The number of nitrogens with one attached hydrogen (secondary N) is 1. The highest BCUT2D eigenvalue weighted by molar-refractivity contribution is 5.98. The summed E-state index contributed by atoms with van der Waals surface area (Å²) in [6, 6.07) is 5.55. The number of rotatable bonds is 5. The number of hydrogen-bond donors (Lipinski definition) is 2. The number of halogens is 1. The fourth-order valence-corrected chi connectivity index (χ4v) is 2.12. The van der Waals surface area contributed by atoms with Gasteiger partial charge >= 0.3 is 0 Å². The third kappa shape index (κ3) is 3.16. The fourth-order valence-electron chi connectivity index (χ4n) is 2.12. The number of aryl methyl sites for hydroxylation is 1. The van der Waals surface area contributed by atoms with E-state index in [-0.39, 0.29) is 17.5 Å². The Kier molecular flexibility index (Phi) is 4.47. The Balaban J connectivity index is 2.48. The Hall–Kier alpha value is -2.50. The highest BCUT2D eigenvalue weighted by Gasteiger charge is 2.18. The summed E-state index contributed by atoms with van der Waals surface area (Å²) in [6.07, 6.45) is 1.38. The lowest BCUT2D eigenvalue weighted by Crippen LogP contribution is -2.18. The van der Waals surface area contributed by atoms with Crippen LogP contribution in [0.15, 0.2) is 24.3 Å². The topological polar surface area (TPSA) is 84.9 Å². The van der Waals surface area contributed by atoms with Gasteiger partial charge in [-0.1, -0.05) is 13.8 Å². The van der Waals surface area contributed by atoms with Crippen LogP contribution in [0.2, 0.25) is 0 Å². The molecule has 2 aromatic rings. The summed E-state index contributed by atoms with van der Waals surface area (Å²) in [5.41, 5.74) is 7.78. The molecule has 0 fully saturated rings. The van der Waals surface area contributed by atoms with Crippen molar-refractivity contribution in [1.82, 2.24) is 10.2 Å².